The van der Waals surface area contributed by atoms with E-state index in [1.54, 1.807) is 6.20 Å². The first-order chi connectivity index (χ1) is 9.47. The highest BCUT2D eigenvalue weighted by molar-refractivity contribution is 7.11. The highest BCUT2D eigenvalue weighted by atomic mass is 35.5. The van der Waals surface area contributed by atoms with Gasteiger partial charge < -0.3 is 0 Å². The van der Waals surface area contributed by atoms with Gasteiger partial charge in [-0.05, 0) is 19.1 Å². The number of amides is 1. The zero-order valence-corrected chi connectivity index (χ0v) is 11.9. The molecule has 1 amide bonds. The number of aromatic nitrogens is 1. The lowest BCUT2D eigenvalue weighted by Crippen LogP contribution is -2.28. The molecule has 7 heteroatoms. The Kier molecular flexibility index (Phi) is 3.07. The van der Waals surface area contributed by atoms with Crippen molar-refractivity contribution in [1.29, 1.82) is 0 Å². The average Bonchev–Trinajstić information content (AvgIpc) is 2.90. The van der Waals surface area contributed by atoms with Crippen LogP contribution < -0.4 is 4.90 Å². The summed E-state index contributed by atoms with van der Waals surface area (Å²) < 4.78 is 13.6. The van der Waals surface area contributed by atoms with Crippen molar-refractivity contribution in [2.75, 3.05) is 4.90 Å². The minimum absolute atomic E-state index is 0.141. The van der Waals surface area contributed by atoms with Crippen LogP contribution in [0, 0.1) is 12.7 Å². The summed E-state index contributed by atoms with van der Waals surface area (Å²) in [6.07, 6.45) is 1.64. The number of carbonyl (C=O) groups is 2. The molecule has 0 fully saturated rings. The number of thiazole rings is 1. The van der Waals surface area contributed by atoms with Crippen molar-refractivity contribution in [3.8, 4) is 0 Å². The standard InChI is InChI=1S/C13H8ClFN2O2S/c1-6-16-4-7(20-6)5-17-11-3-10(15)9(14)2-8(11)12(18)13(17)19/h2-4H,5H2,1H3. The molecule has 2 aromatic rings. The molecule has 2 heterocycles. The predicted molar refractivity (Wildman–Crippen MR) is 73.8 cm³/mol. The Bertz CT molecular complexity index is 744. The molecule has 0 saturated carbocycles. The maximum Gasteiger partial charge on any atom is 0.299 e. The molecule has 4 nitrogen and oxygen atoms in total. The van der Waals surface area contributed by atoms with Crippen molar-refractivity contribution in [3.63, 3.8) is 0 Å². The topological polar surface area (TPSA) is 50.3 Å². The minimum Gasteiger partial charge on any atom is -0.299 e. The smallest absolute Gasteiger partial charge is 0.299 e. The fourth-order valence-corrected chi connectivity index (χ4v) is 3.03. The largest absolute Gasteiger partial charge is 0.299 e. The zero-order valence-electron chi connectivity index (χ0n) is 10.3. The van der Waals surface area contributed by atoms with Crippen molar-refractivity contribution in [3.05, 3.63) is 44.6 Å². The summed E-state index contributed by atoms with van der Waals surface area (Å²) in [6.45, 7) is 2.04. The summed E-state index contributed by atoms with van der Waals surface area (Å²) in [4.78, 5) is 30.0. The quantitative estimate of drug-likeness (QED) is 0.801. The summed E-state index contributed by atoms with van der Waals surface area (Å²) in [5, 5.41) is 0.695. The Morgan fingerprint density at radius 3 is 2.80 bits per heavy atom. The number of fused-ring (bicyclic) bond motifs is 1. The van der Waals surface area contributed by atoms with E-state index < -0.39 is 17.5 Å². The molecular formula is C13H8ClFN2O2S. The van der Waals surface area contributed by atoms with Crippen LogP contribution in [0.1, 0.15) is 20.2 Å². The fraction of sp³-hybridized carbons (Fsp3) is 0.154. The number of rotatable bonds is 2. The number of Topliss-reactive ketones (excluding diaryl/α,β-unsaturated/α-hetero) is 1. The van der Waals surface area contributed by atoms with Crippen molar-refractivity contribution in [2.24, 2.45) is 0 Å². The molecule has 0 atom stereocenters. The van der Waals surface area contributed by atoms with Crippen molar-refractivity contribution >= 4 is 40.3 Å². The van der Waals surface area contributed by atoms with E-state index in [1.165, 1.54) is 22.3 Å². The zero-order chi connectivity index (χ0) is 14.4. The van der Waals surface area contributed by atoms with Crippen molar-refractivity contribution in [1.82, 2.24) is 4.98 Å². The van der Waals surface area contributed by atoms with Gasteiger partial charge in [-0.25, -0.2) is 9.37 Å². The van der Waals surface area contributed by atoms with E-state index in [2.05, 4.69) is 4.98 Å². The highest BCUT2D eigenvalue weighted by Crippen LogP contribution is 2.34. The predicted octanol–water partition coefficient (Wildman–Crippen LogP) is 2.97. The van der Waals surface area contributed by atoms with Gasteiger partial charge in [-0.3, -0.25) is 14.5 Å². The fourth-order valence-electron chi connectivity index (χ4n) is 2.08. The van der Waals surface area contributed by atoms with Crippen LogP contribution in [0.15, 0.2) is 18.3 Å². The number of ketones is 1. The van der Waals surface area contributed by atoms with Crippen molar-refractivity contribution < 1.29 is 14.0 Å². The normalized spacial score (nSPS) is 14.1. The summed E-state index contributed by atoms with van der Waals surface area (Å²) in [6, 6.07) is 2.32. The molecule has 1 aromatic carbocycles. The van der Waals surface area contributed by atoms with E-state index in [0.29, 0.717) is 0 Å². The van der Waals surface area contributed by atoms with Gasteiger partial charge in [-0.2, -0.15) is 0 Å². The van der Waals surface area contributed by atoms with Crippen LogP contribution in [0.4, 0.5) is 10.1 Å². The van der Waals surface area contributed by atoms with Crippen LogP contribution in [0.3, 0.4) is 0 Å². The second-order valence-corrected chi connectivity index (χ2v) is 6.08. The highest BCUT2D eigenvalue weighted by Gasteiger charge is 2.37. The van der Waals surface area contributed by atoms with E-state index in [0.717, 1.165) is 16.0 Å². The number of hydrogen-bond donors (Lipinski definition) is 0. The Balaban J connectivity index is 2.03. The van der Waals surface area contributed by atoms with E-state index >= 15 is 0 Å². The van der Waals surface area contributed by atoms with Crippen LogP contribution in [-0.4, -0.2) is 16.7 Å². The second kappa shape index (κ2) is 4.64. The third kappa shape index (κ3) is 2.01. The Morgan fingerprint density at radius 1 is 1.40 bits per heavy atom. The van der Waals surface area contributed by atoms with E-state index in [9.17, 15) is 14.0 Å². The molecule has 0 unspecified atom stereocenters. The first kappa shape index (κ1) is 13.2. The molecule has 0 bridgehead atoms. The number of nitrogens with zero attached hydrogens (tertiary/aromatic N) is 2. The van der Waals surface area contributed by atoms with Gasteiger partial charge in [-0.1, -0.05) is 11.6 Å². The summed E-state index contributed by atoms with van der Waals surface area (Å²) in [5.41, 5.74) is 0.399. The Labute approximate surface area is 122 Å². The lowest BCUT2D eigenvalue weighted by atomic mass is 10.1. The van der Waals surface area contributed by atoms with Crippen LogP contribution in [-0.2, 0) is 11.3 Å². The third-order valence-corrected chi connectivity index (χ3v) is 4.18. The number of carbonyl (C=O) groups excluding carboxylic acids is 2. The first-order valence-electron chi connectivity index (χ1n) is 5.74. The lowest BCUT2D eigenvalue weighted by Gasteiger charge is -2.15. The Morgan fingerprint density at radius 2 is 2.15 bits per heavy atom. The van der Waals surface area contributed by atoms with Gasteiger partial charge in [0.15, 0.2) is 0 Å². The molecule has 0 spiro atoms. The number of hydrogen-bond acceptors (Lipinski definition) is 4. The molecule has 0 radical (unpaired) electrons. The molecule has 1 aliphatic rings. The van der Waals surface area contributed by atoms with Gasteiger partial charge in [0.1, 0.15) is 5.82 Å². The maximum absolute atomic E-state index is 13.6. The number of benzene rings is 1. The monoisotopic (exact) mass is 310 g/mol. The van der Waals surface area contributed by atoms with Crippen LogP contribution >= 0.6 is 22.9 Å². The van der Waals surface area contributed by atoms with Gasteiger partial charge in [-0.15, -0.1) is 11.3 Å². The van der Waals surface area contributed by atoms with Gasteiger partial charge in [0, 0.05) is 11.1 Å². The first-order valence-corrected chi connectivity index (χ1v) is 6.93. The number of anilines is 1. The minimum atomic E-state index is -0.673. The molecule has 3 rings (SSSR count). The summed E-state index contributed by atoms with van der Waals surface area (Å²) >= 11 is 7.08. The van der Waals surface area contributed by atoms with Gasteiger partial charge in [0.25, 0.3) is 11.7 Å². The average molecular weight is 311 g/mol. The third-order valence-electron chi connectivity index (χ3n) is 3.00. The Hall–Kier alpha value is -1.79. The van der Waals surface area contributed by atoms with E-state index in [1.807, 2.05) is 6.92 Å². The summed E-state index contributed by atoms with van der Waals surface area (Å²) in [7, 11) is 0. The molecule has 102 valence electrons. The summed E-state index contributed by atoms with van der Waals surface area (Å²) in [5.74, 6) is -1.99. The van der Waals surface area contributed by atoms with Crippen LogP contribution in [0.25, 0.3) is 0 Å². The molecule has 0 aliphatic carbocycles. The van der Waals surface area contributed by atoms with Gasteiger partial charge in [0.05, 0.1) is 27.8 Å². The van der Waals surface area contributed by atoms with Crippen LogP contribution in [0.5, 0.6) is 0 Å². The molecule has 1 aliphatic heterocycles. The van der Waals surface area contributed by atoms with E-state index in [4.69, 9.17) is 11.6 Å². The molecule has 0 saturated heterocycles. The molecule has 0 N–H and O–H groups in total. The molecular weight excluding hydrogens is 303 g/mol. The lowest BCUT2D eigenvalue weighted by molar-refractivity contribution is -0.114. The van der Waals surface area contributed by atoms with Gasteiger partial charge in [0.2, 0.25) is 0 Å². The molecule has 20 heavy (non-hydrogen) atoms. The van der Waals surface area contributed by atoms with Gasteiger partial charge >= 0.3 is 0 Å². The second-order valence-electron chi connectivity index (χ2n) is 4.35. The maximum atomic E-state index is 13.6. The number of aryl methyl sites for hydroxylation is 1. The van der Waals surface area contributed by atoms with E-state index in [-0.39, 0.29) is 22.8 Å². The SMILES string of the molecule is Cc1ncc(CN2C(=O)C(=O)c3cc(Cl)c(F)cc32)s1. The number of halogens is 2. The van der Waals surface area contributed by atoms with Crippen LogP contribution in [0.2, 0.25) is 5.02 Å². The molecule has 1 aromatic heterocycles. The van der Waals surface area contributed by atoms with Crippen molar-refractivity contribution in [2.45, 2.75) is 13.5 Å².